The van der Waals surface area contributed by atoms with E-state index in [0.717, 1.165) is 23.1 Å². The Morgan fingerprint density at radius 2 is 1.56 bits per heavy atom. The lowest BCUT2D eigenvalue weighted by Crippen LogP contribution is -2.40. The van der Waals surface area contributed by atoms with Crippen molar-refractivity contribution in [1.29, 1.82) is 0 Å². The van der Waals surface area contributed by atoms with E-state index in [9.17, 15) is 14.4 Å². The molecular weight excluding hydrogens is 478 g/mol. The molecule has 0 atom stereocenters. The lowest BCUT2D eigenvalue weighted by molar-refractivity contribution is 0.0948. The molecule has 186 valence electrons. The van der Waals surface area contributed by atoms with E-state index < -0.39 is 5.69 Å². The van der Waals surface area contributed by atoms with Gasteiger partial charge in [-0.2, -0.15) is 0 Å². The van der Waals surface area contributed by atoms with Gasteiger partial charge in [0.1, 0.15) is 0 Å². The minimum absolute atomic E-state index is 0.0832. The zero-order chi connectivity index (χ0) is 25.7. The molecule has 0 saturated carbocycles. The van der Waals surface area contributed by atoms with Crippen LogP contribution >= 0.6 is 11.6 Å². The van der Waals surface area contributed by atoms with E-state index in [4.69, 9.17) is 16.3 Å². The summed E-state index contributed by atoms with van der Waals surface area (Å²) in [5.74, 6) is -0.183. The summed E-state index contributed by atoms with van der Waals surface area (Å²) in [7, 11) is 1.62. The van der Waals surface area contributed by atoms with Gasteiger partial charge < -0.3 is 10.1 Å². The number of ether oxygens (including phenoxy) is 1. The van der Waals surface area contributed by atoms with Crippen molar-refractivity contribution in [3.05, 3.63) is 115 Å². The van der Waals surface area contributed by atoms with E-state index in [0.29, 0.717) is 41.2 Å². The average Bonchev–Trinajstić information content (AvgIpc) is 2.88. The first kappa shape index (κ1) is 25.4. The molecule has 1 amide bonds. The zero-order valence-corrected chi connectivity index (χ0v) is 21.0. The van der Waals surface area contributed by atoms with E-state index in [1.54, 1.807) is 54.1 Å². The number of aryl methyl sites for hydroxylation is 1. The Labute approximate surface area is 213 Å². The summed E-state index contributed by atoms with van der Waals surface area (Å²) in [6.07, 6.45) is 0.727. The van der Waals surface area contributed by atoms with Crippen molar-refractivity contribution in [2.75, 3.05) is 20.3 Å². The minimum atomic E-state index is -0.421. The monoisotopic (exact) mass is 505 g/mol. The van der Waals surface area contributed by atoms with Crippen LogP contribution in [0, 0.1) is 6.92 Å². The first-order chi connectivity index (χ1) is 17.4. The number of hydrogen-bond acceptors (Lipinski definition) is 4. The first-order valence-corrected chi connectivity index (χ1v) is 12.1. The molecule has 0 spiro atoms. The van der Waals surface area contributed by atoms with Crippen LogP contribution in [0.1, 0.15) is 33.5 Å². The molecule has 0 aliphatic heterocycles. The van der Waals surface area contributed by atoms with Crippen molar-refractivity contribution in [3.63, 3.8) is 0 Å². The maximum atomic E-state index is 13.5. The fraction of sp³-hybridized carbons (Fsp3) is 0.250. The fourth-order valence-corrected chi connectivity index (χ4v) is 4.19. The third kappa shape index (κ3) is 5.75. The van der Waals surface area contributed by atoms with Crippen LogP contribution in [-0.4, -0.2) is 35.3 Å². The van der Waals surface area contributed by atoms with Crippen molar-refractivity contribution in [2.24, 2.45) is 0 Å². The van der Waals surface area contributed by atoms with Crippen molar-refractivity contribution >= 4 is 28.4 Å². The molecule has 3 aromatic carbocycles. The van der Waals surface area contributed by atoms with Crippen LogP contribution in [0.4, 0.5) is 0 Å². The van der Waals surface area contributed by atoms with Gasteiger partial charge in [-0.15, -0.1) is 0 Å². The number of hydrogen-bond donors (Lipinski definition) is 1. The molecule has 0 radical (unpaired) electrons. The molecule has 0 aliphatic rings. The smallest absolute Gasteiger partial charge is 0.332 e. The number of methoxy groups -OCH3 is 1. The predicted octanol–water partition coefficient (Wildman–Crippen LogP) is 3.99. The Bertz CT molecular complexity index is 1490. The van der Waals surface area contributed by atoms with E-state index in [2.05, 4.69) is 5.32 Å². The van der Waals surface area contributed by atoms with E-state index in [-0.39, 0.29) is 18.0 Å². The number of fused-ring (bicyclic) bond motifs is 1. The van der Waals surface area contributed by atoms with Gasteiger partial charge in [0.05, 0.1) is 24.0 Å². The van der Waals surface area contributed by atoms with Gasteiger partial charge in [0.25, 0.3) is 11.5 Å². The number of halogens is 1. The molecule has 7 nitrogen and oxygen atoms in total. The van der Waals surface area contributed by atoms with Crippen LogP contribution in [0.5, 0.6) is 0 Å². The number of benzene rings is 3. The average molecular weight is 506 g/mol. The van der Waals surface area contributed by atoms with Crippen LogP contribution in [0.25, 0.3) is 10.9 Å². The Morgan fingerprint density at radius 1 is 0.917 bits per heavy atom. The van der Waals surface area contributed by atoms with Crippen molar-refractivity contribution in [1.82, 2.24) is 14.5 Å². The molecule has 0 saturated heterocycles. The third-order valence-electron chi connectivity index (χ3n) is 6.02. The molecule has 1 aromatic heterocycles. The Kier molecular flexibility index (Phi) is 8.03. The molecule has 4 aromatic rings. The van der Waals surface area contributed by atoms with Gasteiger partial charge in [0.15, 0.2) is 0 Å². The molecule has 0 fully saturated rings. The summed E-state index contributed by atoms with van der Waals surface area (Å²) in [6.45, 7) is 3.48. The molecule has 0 bridgehead atoms. The maximum absolute atomic E-state index is 13.5. The number of nitrogens with one attached hydrogen (secondary N) is 1. The highest BCUT2D eigenvalue weighted by Crippen LogP contribution is 2.17. The largest absolute Gasteiger partial charge is 0.385 e. The standard InChI is InChI=1S/C28H28ClN3O4/c1-19-4-6-20(7-5-19)17-31-25-16-23(29)12-13-24(25)27(34)32(28(31)35)18-21-8-10-22(11-9-21)26(33)30-14-3-15-36-2/h4-13,16H,3,14-15,17-18H2,1-2H3,(H,30,33). The van der Waals surface area contributed by atoms with Crippen molar-refractivity contribution in [2.45, 2.75) is 26.4 Å². The lowest BCUT2D eigenvalue weighted by Gasteiger charge is -2.15. The predicted molar refractivity (Wildman–Crippen MR) is 142 cm³/mol. The summed E-state index contributed by atoms with van der Waals surface area (Å²) in [4.78, 5) is 39.2. The first-order valence-electron chi connectivity index (χ1n) is 11.7. The number of amides is 1. The highest BCUT2D eigenvalue weighted by atomic mass is 35.5. The zero-order valence-electron chi connectivity index (χ0n) is 20.3. The van der Waals surface area contributed by atoms with Gasteiger partial charge in [-0.05, 0) is 54.8 Å². The number of nitrogens with zero attached hydrogens (tertiary/aromatic N) is 2. The Balaban J connectivity index is 1.66. The molecule has 36 heavy (non-hydrogen) atoms. The summed E-state index contributed by atoms with van der Waals surface area (Å²) >= 11 is 6.21. The van der Waals surface area contributed by atoms with Gasteiger partial charge in [-0.25, -0.2) is 4.79 Å². The highest BCUT2D eigenvalue weighted by Gasteiger charge is 2.15. The second-order valence-corrected chi connectivity index (χ2v) is 9.14. The number of carbonyl (C=O) groups excluding carboxylic acids is 1. The lowest BCUT2D eigenvalue weighted by atomic mass is 10.1. The van der Waals surface area contributed by atoms with Gasteiger partial charge in [-0.3, -0.25) is 18.7 Å². The molecule has 0 unspecified atom stereocenters. The van der Waals surface area contributed by atoms with Crippen LogP contribution in [-0.2, 0) is 17.8 Å². The number of carbonyl (C=O) groups is 1. The van der Waals surface area contributed by atoms with Gasteiger partial charge >= 0.3 is 5.69 Å². The van der Waals surface area contributed by atoms with E-state index in [1.165, 1.54) is 4.57 Å². The van der Waals surface area contributed by atoms with Gasteiger partial charge in [0, 0.05) is 30.8 Å². The van der Waals surface area contributed by atoms with Crippen LogP contribution < -0.4 is 16.6 Å². The summed E-state index contributed by atoms with van der Waals surface area (Å²) < 4.78 is 7.79. The van der Waals surface area contributed by atoms with E-state index in [1.807, 2.05) is 31.2 Å². The van der Waals surface area contributed by atoms with Crippen molar-refractivity contribution in [3.8, 4) is 0 Å². The molecule has 0 aliphatic carbocycles. The molecular formula is C28H28ClN3O4. The highest BCUT2D eigenvalue weighted by molar-refractivity contribution is 6.31. The SMILES string of the molecule is COCCCNC(=O)c1ccc(Cn2c(=O)c3ccc(Cl)cc3n(Cc3ccc(C)cc3)c2=O)cc1. The molecule has 4 rings (SSSR count). The summed E-state index contributed by atoms with van der Waals surface area (Å²) in [5, 5.41) is 3.71. The maximum Gasteiger partial charge on any atom is 0.332 e. The number of rotatable bonds is 9. The van der Waals surface area contributed by atoms with Gasteiger partial charge in [0.2, 0.25) is 0 Å². The topological polar surface area (TPSA) is 82.3 Å². The quantitative estimate of drug-likeness (QED) is 0.349. The normalized spacial score (nSPS) is 11.1. The third-order valence-corrected chi connectivity index (χ3v) is 6.25. The Morgan fingerprint density at radius 3 is 2.22 bits per heavy atom. The van der Waals surface area contributed by atoms with Crippen LogP contribution in [0.15, 0.2) is 76.3 Å². The van der Waals surface area contributed by atoms with Crippen LogP contribution in [0.2, 0.25) is 5.02 Å². The summed E-state index contributed by atoms with van der Waals surface area (Å²) in [6, 6.07) is 19.8. The minimum Gasteiger partial charge on any atom is -0.385 e. The summed E-state index contributed by atoms with van der Waals surface area (Å²) in [5.41, 5.74) is 3.00. The number of aromatic nitrogens is 2. The van der Waals surface area contributed by atoms with Gasteiger partial charge in [-0.1, -0.05) is 53.6 Å². The molecule has 1 N–H and O–H groups in total. The molecule has 8 heteroatoms. The van der Waals surface area contributed by atoms with E-state index >= 15 is 0 Å². The Hall–Kier alpha value is -3.68. The fourth-order valence-electron chi connectivity index (χ4n) is 4.02. The van der Waals surface area contributed by atoms with Crippen molar-refractivity contribution < 1.29 is 9.53 Å². The second-order valence-electron chi connectivity index (χ2n) is 8.71. The molecule has 1 heterocycles. The second kappa shape index (κ2) is 11.4. The van der Waals surface area contributed by atoms with Crippen LogP contribution in [0.3, 0.4) is 0 Å².